The molecule has 0 radical (unpaired) electrons. The Kier molecular flexibility index (Phi) is 6.30. The minimum Gasteiger partial charge on any atom is -0.489 e. The molecule has 0 bridgehead atoms. The fraction of sp³-hybridized carbons (Fsp3) is 0.385. The summed E-state index contributed by atoms with van der Waals surface area (Å²) in [5, 5.41) is 0.870. The predicted molar refractivity (Wildman–Crippen MR) is 123 cm³/mol. The number of hydrogen-bond donors (Lipinski definition) is 0. The summed E-state index contributed by atoms with van der Waals surface area (Å²) in [6.45, 7) is 3.64. The second-order valence-corrected chi connectivity index (χ2v) is 8.54. The van der Waals surface area contributed by atoms with Gasteiger partial charge in [0.2, 0.25) is 5.91 Å². The zero-order chi connectivity index (χ0) is 22.6. The van der Waals surface area contributed by atoms with Gasteiger partial charge in [-0.25, -0.2) is 0 Å². The van der Waals surface area contributed by atoms with Crippen molar-refractivity contribution in [1.29, 1.82) is 0 Å². The molecule has 2 amide bonds. The molecular formula is C26H28N2O5. The molecule has 1 unspecified atom stereocenters. The number of morpholine rings is 1. The number of likely N-dealkylation sites (tertiary alicyclic amines) is 1. The van der Waals surface area contributed by atoms with Gasteiger partial charge in [0.25, 0.3) is 5.91 Å². The highest BCUT2D eigenvalue weighted by molar-refractivity contribution is 5.99. The van der Waals surface area contributed by atoms with Crippen LogP contribution in [0.3, 0.4) is 0 Å². The second-order valence-electron chi connectivity index (χ2n) is 8.54. The van der Waals surface area contributed by atoms with Gasteiger partial charge >= 0.3 is 0 Å². The van der Waals surface area contributed by atoms with Crippen LogP contribution in [0.15, 0.2) is 59.0 Å². The molecule has 0 spiro atoms. The van der Waals surface area contributed by atoms with Crippen molar-refractivity contribution in [1.82, 2.24) is 9.80 Å². The quantitative estimate of drug-likeness (QED) is 0.595. The lowest BCUT2D eigenvalue weighted by Gasteiger charge is -2.36. The number of hydrogen-bond acceptors (Lipinski definition) is 5. The summed E-state index contributed by atoms with van der Waals surface area (Å²) >= 11 is 0. The Labute approximate surface area is 192 Å². The maximum absolute atomic E-state index is 13.6. The van der Waals surface area contributed by atoms with Crippen LogP contribution >= 0.6 is 0 Å². The summed E-state index contributed by atoms with van der Waals surface area (Å²) in [4.78, 5) is 30.2. The second kappa shape index (κ2) is 9.67. The number of carbonyl (C=O) groups excluding carboxylic acids is 2. The Bertz CT molecular complexity index is 1120. The first-order chi connectivity index (χ1) is 16.2. The van der Waals surface area contributed by atoms with Crippen LogP contribution in [0.5, 0.6) is 5.75 Å². The molecule has 2 fully saturated rings. The fourth-order valence-electron chi connectivity index (χ4n) is 4.64. The molecule has 2 saturated heterocycles. The molecule has 7 heteroatoms. The number of fused-ring (bicyclic) bond motifs is 1. The van der Waals surface area contributed by atoms with Crippen molar-refractivity contribution >= 4 is 22.8 Å². The van der Waals surface area contributed by atoms with Crippen LogP contribution in [-0.4, -0.2) is 61.0 Å². The summed E-state index contributed by atoms with van der Waals surface area (Å²) < 4.78 is 17.4. The van der Waals surface area contributed by atoms with E-state index >= 15 is 0 Å². The van der Waals surface area contributed by atoms with Crippen molar-refractivity contribution in [3.63, 3.8) is 0 Å². The number of benzene rings is 2. The van der Waals surface area contributed by atoms with E-state index in [1.807, 2.05) is 59.5 Å². The molecule has 1 aromatic heterocycles. The van der Waals surface area contributed by atoms with Gasteiger partial charge in [-0.1, -0.05) is 36.4 Å². The molecule has 7 nitrogen and oxygen atoms in total. The van der Waals surface area contributed by atoms with E-state index in [0.29, 0.717) is 50.7 Å². The van der Waals surface area contributed by atoms with Gasteiger partial charge in [0, 0.05) is 37.1 Å². The van der Waals surface area contributed by atoms with Gasteiger partial charge in [0.15, 0.2) is 5.76 Å². The number of rotatable bonds is 5. The van der Waals surface area contributed by atoms with E-state index in [0.717, 1.165) is 29.5 Å². The van der Waals surface area contributed by atoms with Crippen LogP contribution in [0.1, 0.15) is 29.0 Å². The standard InChI is InChI=1S/C26H28N2O5/c29-25(27-13-15-31-16-14-27)19-7-6-12-28(17-19)26(30)24-22(18-32-20-8-2-1-3-9-20)21-10-4-5-11-23(21)33-24/h1-5,8-11,19H,6-7,12-18H2. The van der Waals surface area contributed by atoms with Crippen LogP contribution in [0.2, 0.25) is 0 Å². The first-order valence-electron chi connectivity index (χ1n) is 11.5. The van der Waals surface area contributed by atoms with Gasteiger partial charge < -0.3 is 23.7 Å². The van der Waals surface area contributed by atoms with Gasteiger partial charge in [0.05, 0.1) is 19.1 Å². The fourth-order valence-corrected chi connectivity index (χ4v) is 4.64. The topological polar surface area (TPSA) is 72.2 Å². The molecule has 1 atom stereocenters. The van der Waals surface area contributed by atoms with Crippen molar-refractivity contribution in [2.45, 2.75) is 19.4 Å². The van der Waals surface area contributed by atoms with Gasteiger partial charge in [-0.3, -0.25) is 9.59 Å². The van der Waals surface area contributed by atoms with Gasteiger partial charge in [-0.2, -0.15) is 0 Å². The molecule has 3 aromatic rings. The summed E-state index contributed by atoms with van der Waals surface area (Å²) in [6.07, 6.45) is 1.59. The lowest BCUT2D eigenvalue weighted by Crippen LogP contribution is -2.49. The molecule has 172 valence electrons. The summed E-state index contributed by atoms with van der Waals surface area (Å²) in [7, 11) is 0. The van der Waals surface area contributed by atoms with Crippen molar-refractivity contribution < 1.29 is 23.5 Å². The molecule has 0 aliphatic carbocycles. The third kappa shape index (κ3) is 4.59. The number of para-hydroxylation sites is 2. The first-order valence-corrected chi connectivity index (χ1v) is 11.5. The molecule has 2 aliphatic rings. The van der Waals surface area contributed by atoms with Gasteiger partial charge in [0.1, 0.15) is 17.9 Å². The largest absolute Gasteiger partial charge is 0.489 e. The highest BCUT2D eigenvalue weighted by atomic mass is 16.5. The third-order valence-corrected chi connectivity index (χ3v) is 6.40. The highest BCUT2D eigenvalue weighted by Crippen LogP contribution is 2.30. The number of carbonyl (C=O) groups is 2. The van der Waals surface area contributed by atoms with Gasteiger partial charge in [-0.15, -0.1) is 0 Å². The van der Waals surface area contributed by atoms with Crippen LogP contribution in [-0.2, 0) is 16.1 Å². The SMILES string of the molecule is O=C(c1oc2ccccc2c1COc1ccccc1)N1CCCC(C(=O)N2CCOCC2)C1. The Hall–Kier alpha value is -3.32. The Balaban J connectivity index is 1.36. The maximum atomic E-state index is 13.6. The number of ether oxygens (including phenoxy) is 2. The average molecular weight is 449 g/mol. The molecule has 3 heterocycles. The van der Waals surface area contributed by atoms with E-state index < -0.39 is 0 Å². The molecule has 33 heavy (non-hydrogen) atoms. The Morgan fingerprint density at radius 1 is 0.939 bits per heavy atom. The van der Waals surface area contributed by atoms with E-state index in [9.17, 15) is 9.59 Å². The van der Waals surface area contributed by atoms with Crippen LogP contribution < -0.4 is 4.74 Å². The van der Waals surface area contributed by atoms with E-state index in [2.05, 4.69) is 0 Å². The monoisotopic (exact) mass is 448 g/mol. The van der Waals surface area contributed by atoms with E-state index in [-0.39, 0.29) is 24.3 Å². The van der Waals surface area contributed by atoms with E-state index in [1.54, 1.807) is 4.90 Å². The number of furan rings is 1. The smallest absolute Gasteiger partial charge is 0.290 e. The van der Waals surface area contributed by atoms with Crippen molar-refractivity contribution in [2.24, 2.45) is 5.92 Å². The van der Waals surface area contributed by atoms with Gasteiger partial charge in [-0.05, 0) is 31.0 Å². The van der Waals surface area contributed by atoms with Crippen molar-refractivity contribution in [3.05, 3.63) is 65.9 Å². The predicted octanol–water partition coefficient (Wildman–Crippen LogP) is 3.72. The molecule has 2 aromatic carbocycles. The number of piperidine rings is 1. The minimum atomic E-state index is -0.186. The van der Waals surface area contributed by atoms with Crippen molar-refractivity contribution in [2.75, 3.05) is 39.4 Å². The molecule has 0 saturated carbocycles. The normalized spacial score (nSPS) is 19.0. The maximum Gasteiger partial charge on any atom is 0.290 e. The zero-order valence-corrected chi connectivity index (χ0v) is 18.6. The summed E-state index contributed by atoms with van der Waals surface area (Å²) in [5.74, 6) is 0.779. The summed E-state index contributed by atoms with van der Waals surface area (Å²) in [5.41, 5.74) is 1.39. The lowest BCUT2D eigenvalue weighted by atomic mass is 9.96. The molecule has 0 N–H and O–H groups in total. The van der Waals surface area contributed by atoms with Crippen LogP contribution in [0.25, 0.3) is 11.0 Å². The Morgan fingerprint density at radius 2 is 1.70 bits per heavy atom. The van der Waals surface area contributed by atoms with E-state index in [4.69, 9.17) is 13.9 Å². The first kappa shape index (κ1) is 21.5. The van der Waals surface area contributed by atoms with Crippen molar-refractivity contribution in [3.8, 4) is 5.75 Å². The molecular weight excluding hydrogens is 420 g/mol. The van der Waals surface area contributed by atoms with Crippen LogP contribution in [0, 0.1) is 5.92 Å². The minimum absolute atomic E-state index is 0.119. The highest BCUT2D eigenvalue weighted by Gasteiger charge is 2.34. The molecule has 2 aliphatic heterocycles. The zero-order valence-electron chi connectivity index (χ0n) is 18.6. The number of nitrogens with zero attached hydrogens (tertiary/aromatic N) is 2. The summed E-state index contributed by atoms with van der Waals surface area (Å²) in [6, 6.07) is 17.1. The lowest BCUT2D eigenvalue weighted by molar-refractivity contribution is -0.141. The average Bonchev–Trinajstić information content (AvgIpc) is 3.26. The number of amides is 2. The van der Waals surface area contributed by atoms with Crippen LogP contribution in [0.4, 0.5) is 0 Å². The molecule has 5 rings (SSSR count). The third-order valence-electron chi connectivity index (χ3n) is 6.40. The van der Waals surface area contributed by atoms with E-state index in [1.165, 1.54) is 0 Å². The Morgan fingerprint density at radius 3 is 2.52 bits per heavy atom.